The van der Waals surface area contributed by atoms with E-state index in [9.17, 15) is 10.2 Å². The summed E-state index contributed by atoms with van der Waals surface area (Å²) in [5.41, 5.74) is 6.62. The summed E-state index contributed by atoms with van der Waals surface area (Å²) in [6.07, 6.45) is 0. The number of phenols is 2. The summed E-state index contributed by atoms with van der Waals surface area (Å²) in [6.45, 7) is 1.93. The fourth-order valence-electron chi connectivity index (χ4n) is 4.01. The molecule has 4 aromatic carbocycles. The molecule has 0 saturated carbocycles. The predicted molar refractivity (Wildman–Crippen MR) is 121 cm³/mol. The van der Waals surface area contributed by atoms with Gasteiger partial charge in [-0.15, -0.1) is 0 Å². The zero-order valence-electron chi connectivity index (χ0n) is 16.5. The van der Waals surface area contributed by atoms with Gasteiger partial charge in [0.15, 0.2) is 0 Å². The fourth-order valence-corrected chi connectivity index (χ4v) is 4.01. The highest BCUT2D eigenvalue weighted by molar-refractivity contribution is 6.06. The molecule has 5 rings (SSSR count). The van der Waals surface area contributed by atoms with Crippen molar-refractivity contribution >= 4 is 11.0 Å². The zero-order valence-corrected chi connectivity index (χ0v) is 16.5. The average Bonchev–Trinajstić information content (AvgIpc) is 3.14. The van der Waals surface area contributed by atoms with Gasteiger partial charge in [0.2, 0.25) is 0 Å². The summed E-state index contributed by atoms with van der Waals surface area (Å²) in [4.78, 5) is 0. The Morgan fingerprint density at radius 2 is 1.30 bits per heavy atom. The Labute approximate surface area is 174 Å². The predicted octanol–water partition coefficient (Wildman–Crippen LogP) is 7.15. The van der Waals surface area contributed by atoms with E-state index in [0.29, 0.717) is 5.76 Å². The van der Waals surface area contributed by atoms with E-state index in [0.717, 1.165) is 44.3 Å². The van der Waals surface area contributed by atoms with Crippen LogP contribution in [0.25, 0.3) is 44.5 Å². The minimum absolute atomic E-state index is 0.204. The third kappa shape index (κ3) is 3.01. The van der Waals surface area contributed by atoms with Crippen LogP contribution in [-0.2, 0) is 0 Å². The highest BCUT2D eigenvalue weighted by atomic mass is 16.3. The van der Waals surface area contributed by atoms with Crippen molar-refractivity contribution in [2.75, 3.05) is 0 Å². The van der Waals surface area contributed by atoms with E-state index in [4.69, 9.17) is 4.42 Å². The number of furan rings is 1. The largest absolute Gasteiger partial charge is 0.508 e. The molecule has 0 amide bonds. The Hall–Kier alpha value is -3.98. The summed E-state index contributed by atoms with van der Waals surface area (Å²) >= 11 is 0. The van der Waals surface area contributed by atoms with Crippen LogP contribution < -0.4 is 0 Å². The van der Waals surface area contributed by atoms with Gasteiger partial charge in [0.25, 0.3) is 0 Å². The van der Waals surface area contributed by atoms with Crippen molar-refractivity contribution in [1.82, 2.24) is 0 Å². The maximum absolute atomic E-state index is 10.3. The molecule has 0 fully saturated rings. The Balaban J connectivity index is 1.88. The minimum atomic E-state index is 0.204. The van der Waals surface area contributed by atoms with Crippen LogP contribution in [0.1, 0.15) is 5.56 Å². The maximum Gasteiger partial charge on any atom is 0.143 e. The highest BCUT2D eigenvalue weighted by Crippen LogP contribution is 2.46. The molecule has 146 valence electrons. The molecule has 2 N–H and O–H groups in total. The minimum Gasteiger partial charge on any atom is -0.508 e. The number of benzene rings is 4. The van der Waals surface area contributed by atoms with Crippen molar-refractivity contribution in [2.24, 2.45) is 0 Å². The Morgan fingerprint density at radius 1 is 0.633 bits per heavy atom. The lowest BCUT2D eigenvalue weighted by Crippen LogP contribution is -1.87. The standard InChI is InChI=1S/C27H20O3/c1-17-15-21(29)16-24-25(27(30-26(17)24)19-11-13-20(28)14-12-19)23-10-6-5-9-22(23)18-7-3-2-4-8-18/h2-16,28-29H,1H3. The smallest absolute Gasteiger partial charge is 0.143 e. The van der Waals surface area contributed by atoms with E-state index < -0.39 is 0 Å². The van der Waals surface area contributed by atoms with Crippen molar-refractivity contribution in [1.29, 1.82) is 0 Å². The summed E-state index contributed by atoms with van der Waals surface area (Å²) in [5, 5.41) is 20.9. The Kier molecular flexibility index (Phi) is 4.29. The molecule has 1 aromatic heterocycles. The number of aryl methyl sites for hydroxylation is 1. The van der Waals surface area contributed by atoms with Gasteiger partial charge in [-0.05, 0) is 65.6 Å². The van der Waals surface area contributed by atoms with Crippen LogP contribution in [0.2, 0.25) is 0 Å². The fraction of sp³-hybridized carbons (Fsp3) is 0.0370. The first-order valence-electron chi connectivity index (χ1n) is 9.82. The summed E-state index contributed by atoms with van der Waals surface area (Å²) in [5.74, 6) is 1.12. The molecular formula is C27H20O3. The van der Waals surface area contributed by atoms with E-state index in [2.05, 4.69) is 24.3 Å². The molecule has 0 aliphatic heterocycles. The molecule has 0 atom stereocenters. The van der Waals surface area contributed by atoms with Crippen LogP contribution in [0, 0.1) is 6.92 Å². The maximum atomic E-state index is 10.3. The first-order chi connectivity index (χ1) is 14.6. The lowest BCUT2D eigenvalue weighted by atomic mass is 9.91. The molecule has 0 aliphatic rings. The number of hydrogen-bond donors (Lipinski definition) is 2. The van der Waals surface area contributed by atoms with E-state index in [1.165, 1.54) is 0 Å². The number of fused-ring (bicyclic) bond motifs is 1. The summed E-state index contributed by atoms with van der Waals surface area (Å²) < 4.78 is 6.36. The van der Waals surface area contributed by atoms with Gasteiger partial charge in [-0.25, -0.2) is 0 Å². The number of rotatable bonds is 3. The monoisotopic (exact) mass is 392 g/mol. The average molecular weight is 392 g/mol. The first kappa shape index (κ1) is 18.1. The number of aromatic hydroxyl groups is 2. The third-order valence-corrected chi connectivity index (χ3v) is 5.37. The van der Waals surface area contributed by atoms with Gasteiger partial charge >= 0.3 is 0 Å². The lowest BCUT2D eigenvalue weighted by molar-refractivity contribution is 0.474. The normalized spacial score (nSPS) is 11.1. The quantitative estimate of drug-likeness (QED) is 0.343. The van der Waals surface area contributed by atoms with Crippen LogP contribution in [0.3, 0.4) is 0 Å². The Bertz CT molecular complexity index is 1350. The van der Waals surface area contributed by atoms with E-state index >= 15 is 0 Å². The van der Waals surface area contributed by atoms with Gasteiger partial charge in [-0.1, -0.05) is 54.6 Å². The third-order valence-electron chi connectivity index (χ3n) is 5.37. The van der Waals surface area contributed by atoms with Crippen molar-refractivity contribution in [3.05, 3.63) is 96.6 Å². The summed E-state index contributed by atoms with van der Waals surface area (Å²) in [7, 11) is 0. The summed E-state index contributed by atoms with van der Waals surface area (Å²) in [6, 6.07) is 28.9. The molecule has 1 heterocycles. The first-order valence-corrected chi connectivity index (χ1v) is 9.82. The lowest BCUT2D eigenvalue weighted by Gasteiger charge is -2.11. The van der Waals surface area contributed by atoms with Gasteiger partial charge < -0.3 is 14.6 Å². The van der Waals surface area contributed by atoms with E-state index in [1.54, 1.807) is 24.3 Å². The molecule has 0 aliphatic carbocycles. The molecule has 0 unspecified atom stereocenters. The molecule has 30 heavy (non-hydrogen) atoms. The van der Waals surface area contributed by atoms with E-state index in [1.807, 2.05) is 49.4 Å². The number of hydrogen-bond acceptors (Lipinski definition) is 3. The van der Waals surface area contributed by atoms with Crippen molar-refractivity contribution in [3.63, 3.8) is 0 Å². The van der Waals surface area contributed by atoms with Crippen molar-refractivity contribution in [2.45, 2.75) is 6.92 Å². The van der Waals surface area contributed by atoms with Crippen LogP contribution >= 0.6 is 0 Å². The molecular weight excluding hydrogens is 372 g/mol. The van der Waals surface area contributed by atoms with E-state index in [-0.39, 0.29) is 11.5 Å². The second kappa shape index (κ2) is 7.12. The second-order valence-corrected chi connectivity index (χ2v) is 7.40. The van der Waals surface area contributed by atoms with Gasteiger partial charge in [-0.3, -0.25) is 0 Å². The van der Waals surface area contributed by atoms with Crippen molar-refractivity contribution < 1.29 is 14.6 Å². The van der Waals surface area contributed by atoms with Gasteiger partial charge in [-0.2, -0.15) is 0 Å². The molecule has 0 radical (unpaired) electrons. The van der Waals surface area contributed by atoms with Gasteiger partial charge in [0, 0.05) is 16.5 Å². The molecule has 0 saturated heterocycles. The van der Waals surface area contributed by atoms with Crippen molar-refractivity contribution in [3.8, 4) is 45.1 Å². The molecule has 3 nitrogen and oxygen atoms in total. The van der Waals surface area contributed by atoms with Gasteiger partial charge in [0.05, 0.1) is 0 Å². The Morgan fingerprint density at radius 3 is 2.03 bits per heavy atom. The van der Waals surface area contributed by atoms with Gasteiger partial charge in [0.1, 0.15) is 22.8 Å². The molecule has 0 spiro atoms. The molecule has 3 heteroatoms. The molecule has 5 aromatic rings. The topological polar surface area (TPSA) is 53.6 Å². The SMILES string of the molecule is Cc1cc(O)cc2c(-c3ccccc3-c3ccccc3)c(-c3ccc(O)cc3)oc12. The zero-order chi connectivity index (χ0) is 20.7. The number of phenolic OH excluding ortho intramolecular Hbond substituents is 2. The highest BCUT2D eigenvalue weighted by Gasteiger charge is 2.22. The molecule has 0 bridgehead atoms. The van der Waals surface area contributed by atoms with Crippen LogP contribution in [0.4, 0.5) is 0 Å². The van der Waals surface area contributed by atoms with Crippen LogP contribution in [-0.4, -0.2) is 10.2 Å². The second-order valence-electron chi connectivity index (χ2n) is 7.40. The van der Waals surface area contributed by atoms with Crippen LogP contribution in [0.5, 0.6) is 11.5 Å². The van der Waals surface area contributed by atoms with Crippen LogP contribution in [0.15, 0.2) is 95.4 Å².